The maximum absolute atomic E-state index is 13.4. The number of benzene rings is 2. The summed E-state index contributed by atoms with van der Waals surface area (Å²) in [5, 5.41) is 4.01. The molecule has 2 aromatic carbocycles. The number of methoxy groups -OCH3 is 1. The smallest absolute Gasteiger partial charge is 0.252 e. The summed E-state index contributed by atoms with van der Waals surface area (Å²) in [4.78, 5) is 22.8. The molecule has 7 heteroatoms. The third kappa shape index (κ3) is 5.49. The van der Waals surface area contributed by atoms with E-state index < -0.39 is 0 Å². The Morgan fingerprint density at radius 3 is 2.74 bits per heavy atom. The second-order valence-electron chi connectivity index (χ2n) is 8.85. The van der Waals surface area contributed by atoms with Crippen LogP contribution in [0.5, 0.6) is 5.75 Å². The molecule has 1 aliphatic rings. The molecule has 1 aliphatic heterocycles. The first-order valence-electron chi connectivity index (χ1n) is 11.5. The summed E-state index contributed by atoms with van der Waals surface area (Å²) >= 11 is 3.54. The second-order valence-corrected chi connectivity index (χ2v) is 9.76. The monoisotopic (exact) mass is 522 g/mol. The van der Waals surface area contributed by atoms with E-state index in [-0.39, 0.29) is 11.9 Å². The molecule has 4 rings (SSSR count). The van der Waals surface area contributed by atoms with E-state index in [0.717, 1.165) is 45.5 Å². The van der Waals surface area contributed by atoms with Gasteiger partial charge in [-0.05, 0) is 69.1 Å². The molecule has 0 spiro atoms. The number of fused-ring (bicyclic) bond motifs is 1. The Morgan fingerprint density at radius 2 is 1.94 bits per heavy atom. The third-order valence-corrected chi connectivity index (χ3v) is 7.16. The highest BCUT2D eigenvalue weighted by molar-refractivity contribution is 9.10. The molecule has 0 radical (unpaired) electrons. The van der Waals surface area contributed by atoms with Crippen molar-refractivity contribution in [3.05, 3.63) is 69.8 Å². The molecular formula is C27H31BrN4O2. The molecule has 178 valence electrons. The van der Waals surface area contributed by atoms with Crippen LogP contribution >= 0.6 is 15.9 Å². The van der Waals surface area contributed by atoms with Crippen molar-refractivity contribution in [2.45, 2.75) is 19.0 Å². The summed E-state index contributed by atoms with van der Waals surface area (Å²) in [6.07, 6.45) is 3.91. The van der Waals surface area contributed by atoms with Gasteiger partial charge in [-0.25, -0.2) is 4.98 Å². The highest BCUT2D eigenvalue weighted by Gasteiger charge is 2.29. The Labute approximate surface area is 209 Å². The number of hydrogen-bond donors (Lipinski definition) is 1. The summed E-state index contributed by atoms with van der Waals surface area (Å²) < 4.78 is 6.23. The summed E-state index contributed by atoms with van der Waals surface area (Å²) in [5.41, 5.74) is 3.13. The quantitative estimate of drug-likeness (QED) is 0.514. The molecule has 1 amide bonds. The Balaban J connectivity index is 1.62. The number of rotatable bonds is 6. The summed E-state index contributed by atoms with van der Waals surface area (Å²) in [7, 11) is 5.92. The second kappa shape index (κ2) is 10.7. The van der Waals surface area contributed by atoms with E-state index in [9.17, 15) is 4.79 Å². The maximum Gasteiger partial charge on any atom is 0.252 e. The van der Waals surface area contributed by atoms with Crippen LogP contribution < -0.4 is 10.1 Å². The van der Waals surface area contributed by atoms with E-state index in [0.29, 0.717) is 18.2 Å². The van der Waals surface area contributed by atoms with Crippen molar-refractivity contribution in [2.75, 3.05) is 40.8 Å². The van der Waals surface area contributed by atoms with Gasteiger partial charge in [-0.1, -0.05) is 34.1 Å². The van der Waals surface area contributed by atoms with Gasteiger partial charge in [0.05, 0.1) is 23.9 Å². The zero-order chi connectivity index (χ0) is 24.2. The van der Waals surface area contributed by atoms with Crippen molar-refractivity contribution in [1.29, 1.82) is 0 Å². The molecule has 1 saturated heterocycles. The molecule has 0 aliphatic carbocycles. The molecule has 1 aromatic heterocycles. The summed E-state index contributed by atoms with van der Waals surface area (Å²) in [6.45, 7) is 4.83. The normalized spacial score (nSPS) is 19.6. The predicted molar refractivity (Wildman–Crippen MR) is 142 cm³/mol. The van der Waals surface area contributed by atoms with E-state index in [1.54, 1.807) is 7.11 Å². The number of likely N-dealkylation sites (N-methyl/N-ethyl adjacent to an activating group) is 2. The zero-order valence-electron chi connectivity index (χ0n) is 20.1. The van der Waals surface area contributed by atoms with Crippen LogP contribution in [0.4, 0.5) is 0 Å². The number of carbonyl (C=O) groups excluding carboxylic acids is 1. The van der Waals surface area contributed by atoms with Gasteiger partial charge in [0.1, 0.15) is 5.75 Å². The standard InChI is InChI=1S/C27H31BrN4O2/c1-18-26(32(3)13-12-31(18)2)17-29-27(33)24-16-21(30-25-11-9-20(28)15-23(24)25)10-8-19-6-5-7-22(14-19)34-4/h5-11,14-16,18,26H,12-13,17H2,1-4H3,(H,29,33)/b10-8+. The van der Waals surface area contributed by atoms with Crippen LogP contribution in [-0.2, 0) is 0 Å². The fraction of sp³-hybridized carbons (Fsp3) is 0.333. The molecule has 0 bridgehead atoms. The number of carbonyl (C=O) groups is 1. The lowest BCUT2D eigenvalue weighted by molar-refractivity contribution is 0.0593. The number of aromatic nitrogens is 1. The largest absolute Gasteiger partial charge is 0.497 e. The highest BCUT2D eigenvalue weighted by Crippen LogP contribution is 2.24. The molecule has 34 heavy (non-hydrogen) atoms. The first-order valence-corrected chi connectivity index (χ1v) is 12.3. The van der Waals surface area contributed by atoms with E-state index in [1.807, 2.05) is 60.7 Å². The van der Waals surface area contributed by atoms with Crippen molar-refractivity contribution < 1.29 is 9.53 Å². The predicted octanol–water partition coefficient (Wildman–Crippen LogP) is 4.54. The lowest BCUT2D eigenvalue weighted by atomic mass is 10.0. The Morgan fingerprint density at radius 1 is 1.15 bits per heavy atom. The van der Waals surface area contributed by atoms with Crippen LogP contribution in [-0.4, -0.2) is 73.6 Å². The average molecular weight is 523 g/mol. The minimum Gasteiger partial charge on any atom is -0.497 e. The molecule has 2 heterocycles. The fourth-order valence-electron chi connectivity index (χ4n) is 4.38. The van der Waals surface area contributed by atoms with Gasteiger partial charge < -0.3 is 15.0 Å². The molecule has 2 atom stereocenters. The highest BCUT2D eigenvalue weighted by atomic mass is 79.9. The van der Waals surface area contributed by atoms with Crippen LogP contribution in [0.25, 0.3) is 23.1 Å². The van der Waals surface area contributed by atoms with E-state index in [2.05, 4.69) is 52.1 Å². The average Bonchev–Trinajstić information content (AvgIpc) is 2.84. The van der Waals surface area contributed by atoms with Crippen LogP contribution in [0.2, 0.25) is 0 Å². The van der Waals surface area contributed by atoms with Crippen molar-refractivity contribution in [3.63, 3.8) is 0 Å². The SMILES string of the molecule is COc1cccc(/C=C/c2cc(C(=O)NCC3C(C)N(C)CCN3C)c3cc(Br)ccc3n2)c1. The number of nitrogens with zero attached hydrogens (tertiary/aromatic N) is 3. The van der Waals surface area contributed by atoms with Crippen molar-refractivity contribution in [3.8, 4) is 5.75 Å². The molecule has 1 N–H and O–H groups in total. The van der Waals surface area contributed by atoms with Crippen LogP contribution in [0.3, 0.4) is 0 Å². The van der Waals surface area contributed by atoms with Crippen molar-refractivity contribution >= 4 is 44.9 Å². The number of piperazine rings is 1. The van der Waals surface area contributed by atoms with E-state index >= 15 is 0 Å². The van der Waals surface area contributed by atoms with Crippen molar-refractivity contribution in [1.82, 2.24) is 20.1 Å². The Hall–Kier alpha value is -2.74. The number of ether oxygens (including phenoxy) is 1. The first-order chi connectivity index (χ1) is 16.4. The lowest BCUT2D eigenvalue weighted by Crippen LogP contribution is -2.59. The summed E-state index contributed by atoms with van der Waals surface area (Å²) in [6, 6.07) is 16.1. The number of amides is 1. The molecule has 6 nitrogen and oxygen atoms in total. The number of halogens is 1. The third-order valence-electron chi connectivity index (χ3n) is 6.67. The molecule has 3 aromatic rings. The zero-order valence-corrected chi connectivity index (χ0v) is 21.7. The van der Waals surface area contributed by atoms with E-state index in [4.69, 9.17) is 9.72 Å². The van der Waals surface area contributed by atoms with Gasteiger partial charge >= 0.3 is 0 Å². The fourth-order valence-corrected chi connectivity index (χ4v) is 4.75. The number of hydrogen-bond acceptors (Lipinski definition) is 5. The van der Waals surface area contributed by atoms with Crippen molar-refractivity contribution in [2.24, 2.45) is 0 Å². The van der Waals surface area contributed by atoms with Gasteiger partial charge in [0.25, 0.3) is 5.91 Å². The van der Waals surface area contributed by atoms with E-state index in [1.165, 1.54) is 0 Å². The number of nitrogens with one attached hydrogen (secondary N) is 1. The van der Waals surface area contributed by atoms with Gasteiger partial charge in [0.15, 0.2) is 0 Å². The van der Waals surface area contributed by atoms with Crippen LogP contribution in [0, 0.1) is 0 Å². The van der Waals surface area contributed by atoms with Crippen LogP contribution in [0.1, 0.15) is 28.5 Å². The van der Waals surface area contributed by atoms with Crippen LogP contribution in [0.15, 0.2) is 53.0 Å². The van der Waals surface area contributed by atoms with Gasteiger partial charge in [-0.3, -0.25) is 9.69 Å². The molecule has 2 unspecified atom stereocenters. The first kappa shape index (κ1) is 24.4. The molecule has 0 saturated carbocycles. The van der Waals surface area contributed by atoms with Gasteiger partial charge in [-0.2, -0.15) is 0 Å². The Kier molecular flexibility index (Phi) is 7.66. The minimum absolute atomic E-state index is 0.0876. The van der Waals surface area contributed by atoms with Gasteiger partial charge in [0, 0.05) is 41.6 Å². The van der Waals surface area contributed by atoms with Gasteiger partial charge in [-0.15, -0.1) is 0 Å². The summed E-state index contributed by atoms with van der Waals surface area (Å²) in [5.74, 6) is 0.710. The Bertz CT molecular complexity index is 1210. The lowest BCUT2D eigenvalue weighted by Gasteiger charge is -2.43. The molecular weight excluding hydrogens is 492 g/mol. The number of pyridine rings is 1. The topological polar surface area (TPSA) is 57.7 Å². The maximum atomic E-state index is 13.4. The van der Waals surface area contributed by atoms with Gasteiger partial charge in [0.2, 0.25) is 0 Å². The minimum atomic E-state index is -0.0876. The molecule has 1 fully saturated rings.